The maximum Gasteiger partial charge on any atom is 0.119 e. The predicted molar refractivity (Wildman–Crippen MR) is 127 cm³/mol. The van der Waals surface area contributed by atoms with Gasteiger partial charge in [0.05, 0.1) is 0 Å². The summed E-state index contributed by atoms with van der Waals surface area (Å²) in [7, 11) is 0. The van der Waals surface area contributed by atoms with Crippen molar-refractivity contribution in [1.82, 2.24) is 0 Å². The van der Waals surface area contributed by atoms with Gasteiger partial charge in [-0.05, 0) is 135 Å². The third kappa shape index (κ3) is 2.37. The second-order valence-corrected chi connectivity index (χ2v) is 13.4. The number of rotatable bonds is 2. The van der Waals surface area contributed by atoms with E-state index in [1.165, 1.54) is 98.9 Å². The van der Waals surface area contributed by atoms with Crippen LogP contribution in [0.4, 0.5) is 0 Å². The fourth-order valence-electron chi connectivity index (χ4n) is 11.3. The highest BCUT2D eigenvalue weighted by molar-refractivity contribution is 5.94. The molecule has 0 spiro atoms. The highest BCUT2D eigenvalue weighted by atomic mass is 16.3. The average molecular weight is 429 g/mol. The lowest BCUT2D eigenvalue weighted by molar-refractivity contribution is -0.00777. The monoisotopic (exact) mass is 428 g/mol. The van der Waals surface area contributed by atoms with Crippen LogP contribution in [0.5, 0.6) is 11.5 Å². The molecule has 0 amide bonds. The van der Waals surface area contributed by atoms with Crippen molar-refractivity contribution < 1.29 is 10.2 Å². The minimum absolute atomic E-state index is 0.128. The summed E-state index contributed by atoms with van der Waals surface area (Å²) < 4.78 is 0. The Morgan fingerprint density at radius 1 is 0.500 bits per heavy atom. The molecule has 2 aromatic rings. The first-order valence-electron chi connectivity index (χ1n) is 13.5. The SMILES string of the molecule is Oc1ccc2ccc(O)c(C34CC5CC(CC(C5)C3)C4)c2c1C12CC3CC(CC(C3)C1)C2. The fraction of sp³-hybridized carbons (Fsp3) is 0.667. The summed E-state index contributed by atoms with van der Waals surface area (Å²) in [6.45, 7) is 0. The minimum Gasteiger partial charge on any atom is -0.508 e. The normalized spacial score (nSPS) is 45.8. The van der Waals surface area contributed by atoms with E-state index < -0.39 is 0 Å². The Labute approximate surface area is 191 Å². The molecule has 8 aliphatic carbocycles. The van der Waals surface area contributed by atoms with Crippen LogP contribution >= 0.6 is 0 Å². The van der Waals surface area contributed by atoms with Crippen LogP contribution in [0.3, 0.4) is 0 Å². The Kier molecular flexibility index (Phi) is 3.53. The molecular formula is C30H36O2. The highest BCUT2D eigenvalue weighted by Crippen LogP contribution is 2.66. The molecule has 2 heteroatoms. The summed E-state index contributed by atoms with van der Waals surface area (Å²) in [5, 5.41) is 25.5. The van der Waals surface area contributed by atoms with Crippen LogP contribution in [-0.4, -0.2) is 10.2 Å². The van der Waals surface area contributed by atoms with Gasteiger partial charge in [-0.15, -0.1) is 0 Å². The van der Waals surface area contributed by atoms with E-state index in [9.17, 15) is 10.2 Å². The van der Waals surface area contributed by atoms with Crippen molar-refractivity contribution in [3.63, 3.8) is 0 Å². The quantitative estimate of drug-likeness (QED) is 0.531. The molecule has 8 saturated carbocycles. The van der Waals surface area contributed by atoms with Crippen molar-refractivity contribution >= 4 is 10.8 Å². The Bertz CT molecular complexity index is 972. The zero-order valence-electron chi connectivity index (χ0n) is 19.2. The largest absolute Gasteiger partial charge is 0.508 e. The predicted octanol–water partition coefficient (Wildman–Crippen LogP) is 7.19. The summed E-state index contributed by atoms with van der Waals surface area (Å²) in [4.78, 5) is 0. The summed E-state index contributed by atoms with van der Waals surface area (Å²) in [5.74, 6) is 6.08. The Balaban J connectivity index is 1.40. The fourth-order valence-corrected chi connectivity index (χ4v) is 11.3. The van der Waals surface area contributed by atoms with Gasteiger partial charge in [0, 0.05) is 22.0 Å². The van der Waals surface area contributed by atoms with Gasteiger partial charge in [0.1, 0.15) is 11.5 Å². The number of phenols is 2. The molecule has 10 rings (SSSR count). The smallest absolute Gasteiger partial charge is 0.119 e. The Morgan fingerprint density at radius 3 is 1.12 bits per heavy atom. The molecule has 8 bridgehead atoms. The van der Waals surface area contributed by atoms with Gasteiger partial charge in [-0.1, -0.05) is 12.1 Å². The molecule has 0 heterocycles. The molecule has 2 nitrogen and oxygen atoms in total. The highest BCUT2D eigenvalue weighted by Gasteiger charge is 2.56. The first-order valence-corrected chi connectivity index (χ1v) is 13.5. The van der Waals surface area contributed by atoms with Gasteiger partial charge >= 0.3 is 0 Å². The third-order valence-electron chi connectivity index (χ3n) is 11.3. The summed E-state index contributed by atoms with van der Waals surface area (Å²) >= 11 is 0. The van der Waals surface area contributed by atoms with Crippen LogP contribution in [0.25, 0.3) is 10.8 Å². The molecule has 8 aliphatic rings. The number of hydrogen-bond acceptors (Lipinski definition) is 2. The maximum atomic E-state index is 11.5. The second kappa shape index (κ2) is 6.05. The van der Waals surface area contributed by atoms with Gasteiger partial charge < -0.3 is 10.2 Å². The molecule has 0 aliphatic heterocycles. The number of aromatic hydroxyl groups is 2. The zero-order chi connectivity index (χ0) is 21.2. The molecule has 0 aromatic heterocycles. The van der Waals surface area contributed by atoms with Crippen LogP contribution in [0.15, 0.2) is 24.3 Å². The number of hydrogen-bond donors (Lipinski definition) is 2. The first kappa shape index (κ1) is 18.7. The van der Waals surface area contributed by atoms with Crippen LogP contribution in [-0.2, 0) is 10.8 Å². The van der Waals surface area contributed by atoms with E-state index in [1.54, 1.807) is 0 Å². The van der Waals surface area contributed by atoms with E-state index in [1.807, 2.05) is 12.1 Å². The minimum atomic E-state index is 0.128. The topological polar surface area (TPSA) is 40.5 Å². The number of benzene rings is 2. The van der Waals surface area contributed by atoms with Gasteiger partial charge in [-0.25, -0.2) is 0 Å². The molecule has 0 radical (unpaired) electrons. The van der Waals surface area contributed by atoms with Gasteiger partial charge in [-0.3, -0.25) is 0 Å². The molecule has 2 aromatic carbocycles. The van der Waals surface area contributed by atoms with Crippen LogP contribution in [0.2, 0.25) is 0 Å². The summed E-state index contributed by atoms with van der Waals surface area (Å²) in [6, 6.07) is 8.18. The van der Waals surface area contributed by atoms with Gasteiger partial charge in [0.15, 0.2) is 0 Å². The van der Waals surface area contributed by atoms with Crippen molar-refractivity contribution in [2.24, 2.45) is 35.5 Å². The summed E-state index contributed by atoms with van der Waals surface area (Å²) in [6.07, 6.45) is 16.0. The lowest BCUT2D eigenvalue weighted by Crippen LogP contribution is -2.50. The van der Waals surface area contributed by atoms with Crippen molar-refractivity contribution in [1.29, 1.82) is 0 Å². The molecular weight excluding hydrogens is 392 g/mol. The molecule has 2 N–H and O–H groups in total. The van der Waals surface area contributed by atoms with Gasteiger partial charge in [0.25, 0.3) is 0 Å². The van der Waals surface area contributed by atoms with Gasteiger partial charge in [0.2, 0.25) is 0 Å². The average Bonchev–Trinajstić information content (AvgIpc) is 2.71. The van der Waals surface area contributed by atoms with Crippen molar-refractivity contribution in [3.05, 3.63) is 35.4 Å². The number of fused-ring (bicyclic) bond motifs is 1. The molecule has 168 valence electrons. The van der Waals surface area contributed by atoms with E-state index in [2.05, 4.69) is 12.1 Å². The van der Waals surface area contributed by atoms with Crippen molar-refractivity contribution in [2.75, 3.05) is 0 Å². The van der Waals surface area contributed by atoms with E-state index in [0.717, 1.165) is 35.5 Å². The molecule has 32 heavy (non-hydrogen) atoms. The standard InChI is InChI=1S/C30H36O2/c31-24-3-1-23-2-4-25(32)28(30-14-20-8-21(15-30)10-22(9-20)16-30)26(23)27(24)29-11-17-5-18(12-29)7-19(6-17)13-29/h1-4,17-22,31-32H,5-16H2. The second-order valence-electron chi connectivity index (χ2n) is 13.4. The zero-order valence-corrected chi connectivity index (χ0v) is 19.2. The van der Waals surface area contributed by atoms with Crippen LogP contribution < -0.4 is 0 Å². The molecule has 0 atom stereocenters. The lowest BCUT2D eigenvalue weighted by atomic mass is 9.46. The van der Waals surface area contributed by atoms with Crippen LogP contribution in [0.1, 0.15) is 88.2 Å². The van der Waals surface area contributed by atoms with E-state index in [-0.39, 0.29) is 10.8 Å². The van der Waals surface area contributed by atoms with E-state index in [4.69, 9.17) is 0 Å². The molecule has 8 fully saturated rings. The van der Waals surface area contributed by atoms with Crippen LogP contribution in [0, 0.1) is 35.5 Å². The maximum absolute atomic E-state index is 11.5. The third-order valence-corrected chi connectivity index (χ3v) is 11.3. The summed E-state index contributed by atoms with van der Waals surface area (Å²) in [5.41, 5.74) is 2.75. The first-order chi connectivity index (χ1) is 15.5. The molecule has 0 saturated heterocycles. The Hall–Kier alpha value is -1.70. The number of phenolic OH excluding ortho intramolecular Hbond substituents is 2. The molecule has 0 unspecified atom stereocenters. The van der Waals surface area contributed by atoms with Crippen molar-refractivity contribution in [3.8, 4) is 11.5 Å². The van der Waals surface area contributed by atoms with E-state index >= 15 is 0 Å². The Morgan fingerprint density at radius 2 is 0.812 bits per heavy atom. The van der Waals surface area contributed by atoms with Gasteiger partial charge in [-0.2, -0.15) is 0 Å². The lowest BCUT2D eigenvalue weighted by Gasteiger charge is -2.59. The van der Waals surface area contributed by atoms with E-state index in [0.29, 0.717) is 11.5 Å². The van der Waals surface area contributed by atoms with Crippen molar-refractivity contribution in [2.45, 2.75) is 87.9 Å².